The Morgan fingerprint density at radius 2 is 2.29 bits per heavy atom. The summed E-state index contributed by atoms with van der Waals surface area (Å²) in [5.41, 5.74) is 0. The highest BCUT2D eigenvalue weighted by Gasteiger charge is 2.44. The van der Waals surface area contributed by atoms with Gasteiger partial charge in [-0.15, -0.1) is 11.8 Å². The topological polar surface area (TPSA) is 38.3 Å². The minimum Gasteiger partial charge on any atom is -0.465 e. The predicted octanol–water partition coefficient (Wildman–Crippen LogP) is 1.52. The molecule has 0 bridgehead atoms. The summed E-state index contributed by atoms with van der Waals surface area (Å²) in [6.07, 6.45) is 4.98. The van der Waals surface area contributed by atoms with E-state index in [4.69, 9.17) is 4.74 Å². The molecule has 0 radical (unpaired) electrons. The van der Waals surface area contributed by atoms with E-state index in [0.29, 0.717) is 6.61 Å². The Morgan fingerprint density at radius 1 is 1.57 bits per heavy atom. The van der Waals surface area contributed by atoms with Gasteiger partial charge < -0.3 is 4.74 Å². The molecule has 0 aromatic carbocycles. The van der Waals surface area contributed by atoms with Crippen LogP contribution < -0.4 is 5.32 Å². The quantitative estimate of drug-likeness (QED) is 0.709. The van der Waals surface area contributed by atoms with Crippen LogP contribution in [0.3, 0.4) is 0 Å². The summed E-state index contributed by atoms with van der Waals surface area (Å²) in [5.74, 6) is 0.794. The molecule has 1 atom stereocenters. The van der Waals surface area contributed by atoms with Crippen LogP contribution in [0.15, 0.2) is 0 Å². The van der Waals surface area contributed by atoms with Crippen molar-refractivity contribution in [2.75, 3.05) is 12.4 Å². The predicted molar refractivity (Wildman–Crippen MR) is 57.2 cm³/mol. The molecule has 1 aliphatic carbocycles. The summed E-state index contributed by atoms with van der Waals surface area (Å²) in [7, 11) is 0. The van der Waals surface area contributed by atoms with Crippen molar-refractivity contribution in [2.45, 2.75) is 43.5 Å². The van der Waals surface area contributed by atoms with Crippen molar-refractivity contribution in [1.82, 2.24) is 5.32 Å². The number of hydrogen-bond acceptors (Lipinski definition) is 4. The third kappa shape index (κ3) is 1.91. The van der Waals surface area contributed by atoms with Crippen LogP contribution in [-0.2, 0) is 9.53 Å². The number of thioether (sulfide) groups is 1. The molecule has 1 saturated heterocycles. The number of carbonyl (C=O) groups is 1. The minimum atomic E-state index is -0.0798. The summed E-state index contributed by atoms with van der Waals surface area (Å²) in [5, 5.41) is 3.44. The molecule has 2 rings (SSSR count). The molecule has 1 aliphatic heterocycles. The molecule has 0 aromatic heterocycles. The summed E-state index contributed by atoms with van der Waals surface area (Å²) in [4.78, 5) is 11.7. The standard InChI is InChI=1S/C10H17NO2S/c1-2-13-9(12)8-7-14-10(11-8)5-3-4-6-10/h8,11H,2-7H2,1H3/t8-/m1/s1. The number of ether oxygens (including phenoxy) is 1. The molecule has 4 heteroatoms. The zero-order valence-electron chi connectivity index (χ0n) is 8.54. The van der Waals surface area contributed by atoms with Gasteiger partial charge in [0.25, 0.3) is 0 Å². The zero-order valence-corrected chi connectivity index (χ0v) is 9.36. The monoisotopic (exact) mass is 215 g/mol. The molecule has 1 spiro atoms. The zero-order chi connectivity index (χ0) is 10.0. The first-order chi connectivity index (χ1) is 6.76. The van der Waals surface area contributed by atoms with Gasteiger partial charge >= 0.3 is 5.97 Å². The van der Waals surface area contributed by atoms with E-state index < -0.39 is 0 Å². The Hall–Kier alpha value is -0.220. The van der Waals surface area contributed by atoms with Crippen molar-refractivity contribution < 1.29 is 9.53 Å². The van der Waals surface area contributed by atoms with Crippen molar-refractivity contribution in [3.63, 3.8) is 0 Å². The number of hydrogen-bond donors (Lipinski definition) is 1. The highest BCUT2D eigenvalue weighted by Crippen LogP contribution is 2.43. The van der Waals surface area contributed by atoms with Crippen LogP contribution in [0.5, 0.6) is 0 Å². The lowest BCUT2D eigenvalue weighted by Crippen LogP contribution is -2.44. The Morgan fingerprint density at radius 3 is 2.93 bits per heavy atom. The molecule has 1 heterocycles. The second-order valence-corrected chi connectivity index (χ2v) is 5.36. The molecule has 3 nitrogen and oxygen atoms in total. The molecule has 2 aliphatic rings. The SMILES string of the molecule is CCOC(=O)[C@H]1CSC2(CCCC2)N1. The van der Waals surface area contributed by atoms with Gasteiger partial charge in [-0.05, 0) is 19.8 Å². The van der Waals surface area contributed by atoms with Gasteiger partial charge in [-0.2, -0.15) is 0 Å². The van der Waals surface area contributed by atoms with Crippen molar-refractivity contribution in [3.8, 4) is 0 Å². The first kappa shape index (κ1) is 10.3. The summed E-state index contributed by atoms with van der Waals surface area (Å²) >= 11 is 1.90. The Bertz CT molecular complexity index is 226. The highest BCUT2D eigenvalue weighted by atomic mass is 32.2. The largest absolute Gasteiger partial charge is 0.465 e. The van der Waals surface area contributed by atoms with Crippen molar-refractivity contribution in [1.29, 1.82) is 0 Å². The fourth-order valence-corrected chi connectivity index (χ4v) is 3.76. The fourth-order valence-electron chi connectivity index (χ4n) is 2.25. The Labute approximate surface area is 89.0 Å². The number of esters is 1. The average Bonchev–Trinajstić information content (AvgIpc) is 2.78. The summed E-state index contributed by atoms with van der Waals surface area (Å²) in [6.45, 7) is 2.33. The molecule has 0 unspecified atom stereocenters. The lowest BCUT2D eigenvalue weighted by atomic mass is 10.2. The van der Waals surface area contributed by atoms with Crippen LogP contribution in [0.1, 0.15) is 32.6 Å². The van der Waals surface area contributed by atoms with E-state index in [-0.39, 0.29) is 16.9 Å². The smallest absolute Gasteiger partial charge is 0.324 e. The van der Waals surface area contributed by atoms with Gasteiger partial charge in [-0.25, -0.2) is 0 Å². The lowest BCUT2D eigenvalue weighted by molar-refractivity contribution is -0.145. The third-order valence-corrected chi connectivity index (χ3v) is 4.52. The van der Waals surface area contributed by atoms with Crippen LogP contribution >= 0.6 is 11.8 Å². The maximum atomic E-state index is 11.5. The fraction of sp³-hybridized carbons (Fsp3) is 0.900. The van der Waals surface area contributed by atoms with Crippen LogP contribution in [-0.4, -0.2) is 29.2 Å². The van der Waals surface area contributed by atoms with Crippen LogP contribution in [0.2, 0.25) is 0 Å². The van der Waals surface area contributed by atoms with Gasteiger partial charge in [0.15, 0.2) is 0 Å². The molecule has 14 heavy (non-hydrogen) atoms. The van der Waals surface area contributed by atoms with E-state index >= 15 is 0 Å². The van der Waals surface area contributed by atoms with Gasteiger partial charge in [0.1, 0.15) is 6.04 Å². The number of nitrogens with one attached hydrogen (secondary N) is 1. The van der Waals surface area contributed by atoms with Gasteiger partial charge in [0.2, 0.25) is 0 Å². The van der Waals surface area contributed by atoms with Gasteiger partial charge in [0.05, 0.1) is 11.5 Å². The molecule has 80 valence electrons. The normalized spacial score (nSPS) is 29.6. The number of carbonyl (C=O) groups excluding carboxylic acids is 1. The van der Waals surface area contributed by atoms with Crippen LogP contribution in [0, 0.1) is 0 Å². The van der Waals surface area contributed by atoms with E-state index in [9.17, 15) is 4.79 Å². The first-order valence-corrected chi connectivity index (χ1v) is 6.33. The molecular weight excluding hydrogens is 198 g/mol. The van der Waals surface area contributed by atoms with E-state index in [1.54, 1.807) is 0 Å². The van der Waals surface area contributed by atoms with E-state index in [2.05, 4.69) is 5.32 Å². The van der Waals surface area contributed by atoms with Crippen molar-refractivity contribution in [2.24, 2.45) is 0 Å². The molecule has 1 saturated carbocycles. The van der Waals surface area contributed by atoms with Gasteiger partial charge in [-0.3, -0.25) is 10.1 Å². The Kier molecular flexibility index (Phi) is 3.02. The third-order valence-electron chi connectivity index (χ3n) is 2.95. The van der Waals surface area contributed by atoms with E-state index in [0.717, 1.165) is 5.75 Å². The second-order valence-electron chi connectivity index (χ2n) is 3.96. The van der Waals surface area contributed by atoms with Gasteiger partial charge in [0, 0.05) is 5.75 Å². The van der Waals surface area contributed by atoms with E-state index in [1.807, 2.05) is 18.7 Å². The van der Waals surface area contributed by atoms with Crippen molar-refractivity contribution >= 4 is 17.7 Å². The maximum Gasteiger partial charge on any atom is 0.324 e. The lowest BCUT2D eigenvalue weighted by Gasteiger charge is -2.22. The van der Waals surface area contributed by atoms with Crippen LogP contribution in [0.4, 0.5) is 0 Å². The first-order valence-electron chi connectivity index (χ1n) is 5.34. The van der Waals surface area contributed by atoms with E-state index in [1.165, 1.54) is 25.7 Å². The molecule has 2 fully saturated rings. The molecule has 0 amide bonds. The molecule has 1 N–H and O–H groups in total. The summed E-state index contributed by atoms with van der Waals surface area (Å²) in [6, 6.07) is -0.0713. The summed E-state index contributed by atoms with van der Waals surface area (Å²) < 4.78 is 5.01. The van der Waals surface area contributed by atoms with Crippen LogP contribution in [0.25, 0.3) is 0 Å². The second kappa shape index (κ2) is 4.11. The maximum absolute atomic E-state index is 11.5. The van der Waals surface area contributed by atoms with Gasteiger partial charge in [-0.1, -0.05) is 12.8 Å². The average molecular weight is 215 g/mol. The number of rotatable bonds is 2. The Balaban J connectivity index is 1.90. The minimum absolute atomic E-state index is 0.0713. The highest BCUT2D eigenvalue weighted by molar-refractivity contribution is 8.01. The van der Waals surface area contributed by atoms with Crippen molar-refractivity contribution in [3.05, 3.63) is 0 Å². The molecular formula is C10H17NO2S. The molecule has 0 aromatic rings.